The Hall–Kier alpha value is -1.62. The van der Waals surface area contributed by atoms with Crippen molar-refractivity contribution in [1.29, 1.82) is 0 Å². The van der Waals surface area contributed by atoms with Crippen molar-refractivity contribution >= 4 is 5.91 Å². The second kappa shape index (κ2) is 7.30. The van der Waals surface area contributed by atoms with Gasteiger partial charge in [-0.25, -0.2) is 0 Å². The topological polar surface area (TPSA) is 58.4 Å². The first-order valence-electron chi connectivity index (χ1n) is 8.48. The Bertz CT molecular complexity index is 579. The SMILES string of the molecule is C=CCC1(CO)CCCN(C(=O)Cn2nc(C)c(CC)c2C)C1. The lowest BCUT2D eigenvalue weighted by molar-refractivity contribution is -0.136. The number of rotatable bonds is 6. The Balaban J connectivity index is 2.10. The zero-order valence-corrected chi connectivity index (χ0v) is 14.6. The number of allylic oxidation sites excluding steroid dienone is 1. The molecule has 1 aromatic rings. The molecule has 23 heavy (non-hydrogen) atoms. The molecule has 1 aliphatic rings. The highest BCUT2D eigenvalue weighted by Gasteiger charge is 2.35. The van der Waals surface area contributed by atoms with Crippen molar-refractivity contribution in [1.82, 2.24) is 14.7 Å². The van der Waals surface area contributed by atoms with Crippen LogP contribution in [-0.4, -0.2) is 45.4 Å². The van der Waals surface area contributed by atoms with Gasteiger partial charge in [-0.15, -0.1) is 6.58 Å². The van der Waals surface area contributed by atoms with E-state index in [2.05, 4.69) is 18.6 Å². The molecule has 0 spiro atoms. The Labute approximate surface area is 139 Å². The summed E-state index contributed by atoms with van der Waals surface area (Å²) in [5.74, 6) is 0.0832. The number of likely N-dealkylation sites (tertiary alicyclic amines) is 1. The summed E-state index contributed by atoms with van der Waals surface area (Å²) in [4.78, 5) is 14.6. The van der Waals surface area contributed by atoms with Gasteiger partial charge in [0.1, 0.15) is 6.54 Å². The molecule has 0 bridgehead atoms. The molecule has 1 amide bonds. The Morgan fingerprint density at radius 2 is 2.22 bits per heavy atom. The van der Waals surface area contributed by atoms with E-state index >= 15 is 0 Å². The van der Waals surface area contributed by atoms with Crippen molar-refractivity contribution in [3.63, 3.8) is 0 Å². The molecular weight excluding hydrogens is 290 g/mol. The molecule has 2 rings (SSSR count). The smallest absolute Gasteiger partial charge is 0.244 e. The number of aliphatic hydroxyl groups excluding tert-OH is 1. The average molecular weight is 319 g/mol. The van der Waals surface area contributed by atoms with Crippen molar-refractivity contribution in [3.8, 4) is 0 Å². The van der Waals surface area contributed by atoms with Crippen LogP contribution in [0, 0.1) is 19.3 Å². The van der Waals surface area contributed by atoms with Gasteiger partial charge in [-0.1, -0.05) is 13.0 Å². The maximum Gasteiger partial charge on any atom is 0.244 e. The Kier molecular flexibility index (Phi) is 5.63. The van der Waals surface area contributed by atoms with Crippen molar-refractivity contribution < 1.29 is 9.90 Å². The highest BCUT2D eigenvalue weighted by Crippen LogP contribution is 2.33. The second-order valence-electron chi connectivity index (χ2n) is 6.73. The molecule has 128 valence electrons. The molecule has 1 N–H and O–H groups in total. The van der Waals surface area contributed by atoms with Crippen molar-refractivity contribution in [2.45, 2.75) is 53.0 Å². The van der Waals surface area contributed by atoms with Crippen LogP contribution in [0.2, 0.25) is 0 Å². The van der Waals surface area contributed by atoms with E-state index in [1.54, 1.807) is 0 Å². The standard InChI is InChI=1S/C18H29N3O2/c1-5-8-18(13-22)9-7-10-20(12-18)17(23)11-21-15(4)16(6-2)14(3)19-21/h5,22H,1,6-13H2,2-4H3. The van der Waals surface area contributed by atoms with Gasteiger partial charge in [0, 0.05) is 24.2 Å². The first kappa shape index (κ1) is 17.7. The van der Waals surface area contributed by atoms with Crippen LogP contribution in [0.5, 0.6) is 0 Å². The lowest BCUT2D eigenvalue weighted by Gasteiger charge is -2.41. The summed E-state index contributed by atoms with van der Waals surface area (Å²) in [6.07, 6.45) is 5.39. The summed E-state index contributed by atoms with van der Waals surface area (Å²) < 4.78 is 1.82. The van der Waals surface area contributed by atoms with Gasteiger partial charge >= 0.3 is 0 Å². The molecule has 1 aliphatic heterocycles. The van der Waals surface area contributed by atoms with Crippen LogP contribution in [0.25, 0.3) is 0 Å². The molecule has 1 aromatic heterocycles. The molecule has 5 nitrogen and oxygen atoms in total. The zero-order valence-electron chi connectivity index (χ0n) is 14.6. The van der Waals surface area contributed by atoms with Crippen molar-refractivity contribution in [2.24, 2.45) is 5.41 Å². The number of carbonyl (C=O) groups excluding carboxylic acids is 1. The lowest BCUT2D eigenvalue weighted by atomic mass is 9.78. The molecule has 1 fully saturated rings. The molecule has 1 saturated heterocycles. The van der Waals surface area contributed by atoms with E-state index in [0.717, 1.165) is 43.6 Å². The summed E-state index contributed by atoms with van der Waals surface area (Å²) in [5, 5.41) is 14.3. The number of aliphatic hydroxyl groups is 1. The summed E-state index contributed by atoms with van der Waals surface area (Å²) in [7, 11) is 0. The van der Waals surface area contributed by atoms with Gasteiger partial charge in [-0.05, 0) is 45.1 Å². The fraction of sp³-hybridized carbons (Fsp3) is 0.667. The minimum atomic E-state index is -0.223. The molecule has 0 aromatic carbocycles. The van der Waals surface area contributed by atoms with E-state index in [1.165, 1.54) is 5.56 Å². The van der Waals surface area contributed by atoms with Crippen molar-refractivity contribution in [3.05, 3.63) is 29.6 Å². The lowest BCUT2D eigenvalue weighted by Crippen LogP contribution is -2.48. The van der Waals surface area contributed by atoms with Crippen molar-refractivity contribution in [2.75, 3.05) is 19.7 Å². The number of hydrogen-bond acceptors (Lipinski definition) is 3. The third-order valence-electron chi connectivity index (χ3n) is 5.10. The minimum Gasteiger partial charge on any atom is -0.396 e. The van der Waals surface area contributed by atoms with Gasteiger partial charge in [0.15, 0.2) is 0 Å². The van der Waals surface area contributed by atoms with E-state index in [4.69, 9.17) is 0 Å². The van der Waals surface area contributed by atoms with Crippen LogP contribution in [0.1, 0.15) is 43.1 Å². The number of aromatic nitrogens is 2. The zero-order chi connectivity index (χ0) is 17.0. The number of nitrogens with zero attached hydrogens (tertiary/aromatic N) is 3. The van der Waals surface area contributed by atoms with E-state index < -0.39 is 0 Å². The number of amides is 1. The average Bonchev–Trinajstić information content (AvgIpc) is 2.81. The van der Waals surface area contributed by atoms with Gasteiger partial charge in [0.05, 0.1) is 12.3 Å². The first-order chi connectivity index (χ1) is 11.0. The van der Waals surface area contributed by atoms with Crippen LogP contribution in [0.4, 0.5) is 0 Å². The van der Waals surface area contributed by atoms with Crippen LogP contribution >= 0.6 is 0 Å². The normalized spacial score (nSPS) is 21.5. The summed E-state index contributed by atoms with van der Waals surface area (Å²) >= 11 is 0. The fourth-order valence-electron chi connectivity index (χ4n) is 3.71. The summed E-state index contributed by atoms with van der Waals surface area (Å²) in [6, 6.07) is 0. The molecular formula is C18H29N3O2. The van der Waals surface area contributed by atoms with Gasteiger partial charge < -0.3 is 10.0 Å². The molecule has 5 heteroatoms. The second-order valence-corrected chi connectivity index (χ2v) is 6.73. The van der Waals surface area contributed by atoms with Crippen LogP contribution < -0.4 is 0 Å². The monoisotopic (exact) mass is 319 g/mol. The molecule has 0 radical (unpaired) electrons. The highest BCUT2D eigenvalue weighted by molar-refractivity contribution is 5.76. The third kappa shape index (κ3) is 3.66. The number of aryl methyl sites for hydroxylation is 1. The maximum absolute atomic E-state index is 12.7. The highest BCUT2D eigenvalue weighted by atomic mass is 16.3. The maximum atomic E-state index is 12.7. The Morgan fingerprint density at radius 1 is 1.48 bits per heavy atom. The van der Waals surface area contributed by atoms with Gasteiger partial charge in [0.2, 0.25) is 5.91 Å². The Morgan fingerprint density at radius 3 is 2.78 bits per heavy atom. The molecule has 2 heterocycles. The van der Waals surface area contributed by atoms with Crippen LogP contribution in [-0.2, 0) is 17.8 Å². The van der Waals surface area contributed by atoms with Crippen LogP contribution in [0.3, 0.4) is 0 Å². The first-order valence-corrected chi connectivity index (χ1v) is 8.48. The van der Waals surface area contributed by atoms with E-state index in [9.17, 15) is 9.90 Å². The molecule has 0 saturated carbocycles. The minimum absolute atomic E-state index is 0.0832. The van der Waals surface area contributed by atoms with Gasteiger partial charge in [0.25, 0.3) is 0 Å². The van der Waals surface area contributed by atoms with Gasteiger partial charge in [-0.3, -0.25) is 9.48 Å². The van der Waals surface area contributed by atoms with E-state index in [0.29, 0.717) is 6.54 Å². The number of piperidine rings is 1. The predicted octanol–water partition coefficient (Wildman–Crippen LogP) is 2.24. The summed E-state index contributed by atoms with van der Waals surface area (Å²) in [6.45, 7) is 11.7. The number of carbonyl (C=O) groups is 1. The molecule has 1 unspecified atom stereocenters. The van der Waals surface area contributed by atoms with E-state index in [1.807, 2.05) is 29.5 Å². The van der Waals surface area contributed by atoms with Crippen LogP contribution in [0.15, 0.2) is 12.7 Å². The van der Waals surface area contributed by atoms with Gasteiger partial charge in [-0.2, -0.15) is 5.10 Å². The molecule has 0 aliphatic carbocycles. The third-order valence-corrected chi connectivity index (χ3v) is 5.10. The molecule has 1 atom stereocenters. The predicted molar refractivity (Wildman–Crippen MR) is 91.2 cm³/mol. The van der Waals surface area contributed by atoms with E-state index in [-0.39, 0.29) is 24.5 Å². The quantitative estimate of drug-likeness (QED) is 0.818. The number of hydrogen-bond donors (Lipinski definition) is 1. The summed E-state index contributed by atoms with van der Waals surface area (Å²) in [5.41, 5.74) is 3.09. The largest absolute Gasteiger partial charge is 0.396 e. The fourth-order valence-corrected chi connectivity index (χ4v) is 3.71.